The maximum absolute atomic E-state index is 11.8. The number of carbonyl (C=O) groups excluding carboxylic acids is 2. The molecular formula is C17H16N2O4. The van der Waals surface area contributed by atoms with Gasteiger partial charge in [-0.25, -0.2) is 0 Å². The van der Waals surface area contributed by atoms with Gasteiger partial charge in [-0.15, -0.1) is 0 Å². The Morgan fingerprint density at radius 1 is 0.826 bits per heavy atom. The summed E-state index contributed by atoms with van der Waals surface area (Å²) in [4.78, 5) is 23.5. The van der Waals surface area contributed by atoms with Crippen molar-refractivity contribution in [2.75, 3.05) is 6.79 Å². The molecule has 1 aliphatic rings. The average molecular weight is 312 g/mol. The van der Waals surface area contributed by atoms with Crippen molar-refractivity contribution >= 4 is 11.8 Å². The Labute approximate surface area is 133 Å². The summed E-state index contributed by atoms with van der Waals surface area (Å²) in [6.07, 6.45) is 0. The van der Waals surface area contributed by atoms with Crippen LogP contribution in [0, 0.1) is 0 Å². The predicted octanol–water partition coefficient (Wildman–Crippen LogP) is 1.35. The van der Waals surface area contributed by atoms with Crippen LogP contribution in [0.2, 0.25) is 0 Å². The van der Waals surface area contributed by atoms with E-state index < -0.39 is 11.8 Å². The lowest BCUT2D eigenvalue weighted by Crippen LogP contribution is -2.39. The number of rotatable bonds is 4. The van der Waals surface area contributed by atoms with Gasteiger partial charge in [-0.1, -0.05) is 36.4 Å². The first-order valence-corrected chi connectivity index (χ1v) is 7.21. The Morgan fingerprint density at radius 2 is 1.48 bits per heavy atom. The molecule has 0 radical (unpaired) electrons. The molecule has 6 heteroatoms. The van der Waals surface area contributed by atoms with Gasteiger partial charge in [-0.05, 0) is 23.3 Å². The summed E-state index contributed by atoms with van der Waals surface area (Å²) >= 11 is 0. The van der Waals surface area contributed by atoms with Crippen molar-refractivity contribution in [1.82, 2.24) is 10.6 Å². The molecule has 2 amide bonds. The molecule has 2 aromatic rings. The van der Waals surface area contributed by atoms with E-state index in [1.54, 1.807) is 12.1 Å². The largest absolute Gasteiger partial charge is 0.454 e. The summed E-state index contributed by atoms with van der Waals surface area (Å²) in [5.74, 6) is -0.000784. The molecular weight excluding hydrogens is 296 g/mol. The fourth-order valence-electron chi connectivity index (χ4n) is 2.17. The molecule has 3 rings (SSSR count). The van der Waals surface area contributed by atoms with E-state index in [9.17, 15) is 9.59 Å². The summed E-state index contributed by atoms with van der Waals surface area (Å²) in [6.45, 7) is 0.762. The quantitative estimate of drug-likeness (QED) is 0.836. The first kappa shape index (κ1) is 14.9. The molecule has 2 N–H and O–H groups in total. The van der Waals surface area contributed by atoms with Gasteiger partial charge in [0, 0.05) is 13.1 Å². The molecule has 0 fully saturated rings. The van der Waals surface area contributed by atoms with Crippen LogP contribution in [0.3, 0.4) is 0 Å². The zero-order valence-corrected chi connectivity index (χ0v) is 12.4. The topological polar surface area (TPSA) is 76.7 Å². The fraction of sp³-hybridized carbons (Fsp3) is 0.176. The highest BCUT2D eigenvalue weighted by atomic mass is 16.7. The molecule has 0 saturated carbocycles. The number of hydrogen-bond donors (Lipinski definition) is 2. The Kier molecular flexibility index (Phi) is 4.42. The summed E-state index contributed by atoms with van der Waals surface area (Å²) in [5.41, 5.74) is 1.77. The zero-order chi connectivity index (χ0) is 16.1. The normalized spacial score (nSPS) is 11.8. The first-order chi connectivity index (χ1) is 11.2. The third-order valence-corrected chi connectivity index (χ3v) is 3.39. The molecule has 0 atom stereocenters. The molecule has 0 unspecified atom stereocenters. The van der Waals surface area contributed by atoms with Crippen molar-refractivity contribution in [3.63, 3.8) is 0 Å². The van der Waals surface area contributed by atoms with E-state index in [1.807, 2.05) is 36.4 Å². The second-order valence-corrected chi connectivity index (χ2v) is 5.04. The number of ether oxygens (including phenoxy) is 2. The van der Waals surface area contributed by atoms with Crippen molar-refractivity contribution < 1.29 is 19.1 Å². The Balaban J connectivity index is 1.48. The maximum atomic E-state index is 11.8. The highest BCUT2D eigenvalue weighted by Gasteiger charge is 2.15. The zero-order valence-electron chi connectivity index (χ0n) is 12.4. The van der Waals surface area contributed by atoms with Gasteiger partial charge < -0.3 is 20.1 Å². The van der Waals surface area contributed by atoms with Gasteiger partial charge in [-0.3, -0.25) is 9.59 Å². The van der Waals surface area contributed by atoms with Crippen LogP contribution >= 0.6 is 0 Å². The minimum Gasteiger partial charge on any atom is -0.454 e. The lowest BCUT2D eigenvalue weighted by Gasteiger charge is -2.07. The van der Waals surface area contributed by atoms with Crippen molar-refractivity contribution in [2.24, 2.45) is 0 Å². The number of carbonyl (C=O) groups is 2. The van der Waals surface area contributed by atoms with Crippen molar-refractivity contribution in [3.05, 3.63) is 59.7 Å². The average Bonchev–Trinajstić information content (AvgIpc) is 3.06. The first-order valence-electron chi connectivity index (χ1n) is 7.21. The highest BCUT2D eigenvalue weighted by Crippen LogP contribution is 2.32. The van der Waals surface area contributed by atoms with E-state index in [0.29, 0.717) is 18.0 Å². The SMILES string of the molecule is O=C(NCc1ccccc1)C(=O)NCc1ccc2c(c1)OCO2. The standard InChI is InChI=1S/C17H16N2O4/c20-16(18-9-12-4-2-1-3-5-12)17(21)19-10-13-6-7-14-15(8-13)23-11-22-14/h1-8H,9-11H2,(H,18,20)(H,19,21). The smallest absolute Gasteiger partial charge is 0.309 e. The molecule has 0 saturated heterocycles. The summed E-state index contributed by atoms with van der Waals surface area (Å²) in [7, 11) is 0. The van der Waals surface area contributed by atoms with Gasteiger partial charge in [0.2, 0.25) is 6.79 Å². The van der Waals surface area contributed by atoms with Crippen LogP contribution in [0.25, 0.3) is 0 Å². The van der Waals surface area contributed by atoms with Gasteiger partial charge in [0.15, 0.2) is 11.5 Å². The molecule has 23 heavy (non-hydrogen) atoms. The number of benzene rings is 2. The van der Waals surface area contributed by atoms with Crippen molar-refractivity contribution in [1.29, 1.82) is 0 Å². The van der Waals surface area contributed by atoms with Crippen LogP contribution in [-0.2, 0) is 22.7 Å². The monoisotopic (exact) mass is 312 g/mol. The number of hydrogen-bond acceptors (Lipinski definition) is 4. The van der Waals surface area contributed by atoms with E-state index in [2.05, 4.69) is 10.6 Å². The lowest BCUT2D eigenvalue weighted by molar-refractivity contribution is -0.139. The number of fused-ring (bicyclic) bond motifs is 1. The predicted molar refractivity (Wildman–Crippen MR) is 82.7 cm³/mol. The molecule has 0 aliphatic carbocycles. The fourth-order valence-corrected chi connectivity index (χ4v) is 2.17. The van der Waals surface area contributed by atoms with Crippen molar-refractivity contribution in [3.8, 4) is 11.5 Å². The van der Waals surface area contributed by atoms with Crippen LogP contribution in [0.5, 0.6) is 11.5 Å². The van der Waals surface area contributed by atoms with Gasteiger partial charge in [-0.2, -0.15) is 0 Å². The molecule has 1 heterocycles. The minimum atomic E-state index is -0.668. The Morgan fingerprint density at radius 3 is 2.22 bits per heavy atom. The lowest BCUT2D eigenvalue weighted by atomic mass is 10.2. The number of nitrogens with one attached hydrogen (secondary N) is 2. The van der Waals surface area contributed by atoms with Crippen LogP contribution in [0.15, 0.2) is 48.5 Å². The second-order valence-electron chi connectivity index (χ2n) is 5.04. The van der Waals surface area contributed by atoms with Crippen LogP contribution in [0.1, 0.15) is 11.1 Å². The van der Waals surface area contributed by atoms with E-state index in [1.165, 1.54) is 0 Å². The molecule has 6 nitrogen and oxygen atoms in total. The molecule has 118 valence electrons. The Bertz CT molecular complexity index is 716. The van der Waals surface area contributed by atoms with Crippen LogP contribution < -0.4 is 20.1 Å². The summed E-state index contributed by atoms with van der Waals surface area (Å²) in [5, 5.41) is 5.16. The third-order valence-electron chi connectivity index (χ3n) is 3.39. The van der Waals surface area contributed by atoms with E-state index in [-0.39, 0.29) is 13.3 Å². The van der Waals surface area contributed by atoms with Gasteiger partial charge in [0.25, 0.3) is 0 Å². The third kappa shape index (κ3) is 3.79. The van der Waals surface area contributed by atoms with Crippen LogP contribution in [0.4, 0.5) is 0 Å². The maximum Gasteiger partial charge on any atom is 0.309 e. The number of amides is 2. The Hall–Kier alpha value is -3.02. The summed E-state index contributed by atoms with van der Waals surface area (Å²) in [6, 6.07) is 14.8. The molecule has 2 aromatic carbocycles. The van der Waals surface area contributed by atoms with Crippen LogP contribution in [-0.4, -0.2) is 18.6 Å². The molecule has 0 spiro atoms. The summed E-state index contributed by atoms with van der Waals surface area (Å²) < 4.78 is 10.5. The van der Waals surface area contributed by atoms with Gasteiger partial charge in [0.1, 0.15) is 0 Å². The second kappa shape index (κ2) is 6.83. The minimum absolute atomic E-state index is 0.201. The van der Waals surface area contributed by atoms with Gasteiger partial charge >= 0.3 is 11.8 Å². The van der Waals surface area contributed by atoms with Crippen molar-refractivity contribution in [2.45, 2.75) is 13.1 Å². The molecule has 1 aliphatic heterocycles. The van der Waals surface area contributed by atoms with Gasteiger partial charge in [0.05, 0.1) is 0 Å². The van der Waals surface area contributed by atoms with E-state index in [0.717, 1.165) is 11.1 Å². The highest BCUT2D eigenvalue weighted by molar-refractivity contribution is 6.35. The van der Waals surface area contributed by atoms with E-state index >= 15 is 0 Å². The van der Waals surface area contributed by atoms with E-state index in [4.69, 9.17) is 9.47 Å². The molecule has 0 bridgehead atoms. The molecule has 0 aromatic heterocycles.